The number of anilines is 1. The van der Waals surface area contributed by atoms with Gasteiger partial charge >= 0.3 is 0 Å². The second-order valence-corrected chi connectivity index (χ2v) is 5.13. The van der Waals surface area contributed by atoms with E-state index in [1.165, 1.54) is 6.07 Å². The number of thiocarbonyl (C=S) groups is 1. The van der Waals surface area contributed by atoms with E-state index in [0.29, 0.717) is 11.3 Å². The second-order valence-electron chi connectivity index (χ2n) is 4.72. The molecule has 0 aliphatic rings. The van der Waals surface area contributed by atoms with Crippen molar-refractivity contribution < 1.29 is 9.90 Å². The summed E-state index contributed by atoms with van der Waals surface area (Å²) in [6.07, 6.45) is 0. The van der Waals surface area contributed by atoms with Crippen LogP contribution in [0.1, 0.15) is 21.5 Å². The van der Waals surface area contributed by atoms with Gasteiger partial charge in [0.15, 0.2) is 5.11 Å². The molecule has 4 nitrogen and oxygen atoms in total. The number of carbonyl (C=O) groups is 1. The highest BCUT2D eigenvalue weighted by molar-refractivity contribution is 7.80. The molecule has 21 heavy (non-hydrogen) atoms. The Bertz CT molecular complexity index is 698. The van der Waals surface area contributed by atoms with Crippen molar-refractivity contribution in [1.29, 1.82) is 0 Å². The number of rotatable bonds is 2. The van der Waals surface area contributed by atoms with Crippen LogP contribution in [0, 0.1) is 13.8 Å². The molecule has 0 spiro atoms. The molecule has 0 unspecified atom stereocenters. The summed E-state index contributed by atoms with van der Waals surface area (Å²) in [6, 6.07) is 12.1. The van der Waals surface area contributed by atoms with Crippen molar-refractivity contribution >= 4 is 28.9 Å². The normalized spacial score (nSPS) is 10.0. The van der Waals surface area contributed by atoms with Crippen molar-refractivity contribution in [2.45, 2.75) is 13.8 Å². The summed E-state index contributed by atoms with van der Waals surface area (Å²) in [4.78, 5) is 12.1. The highest BCUT2D eigenvalue weighted by Gasteiger charge is 2.09. The molecule has 1 amide bonds. The molecule has 2 aromatic carbocycles. The van der Waals surface area contributed by atoms with Crippen LogP contribution in [0.5, 0.6) is 5.75 Å². The molecule has 3 N–H and O–H groups in total. The summed E-state index contributed by atoms with van der Waals surface area (Å²) in [5.41, 5.74) is 3.16. The van der Waals surface area contributed by atoms with Crippen LogP contribution in [-0.2, 0) is 0 Å². The number of hydrogen-bond donors (Lipinski definition) is 3. The van der Waals surface area contributed by atoms with Gasteiger partial charge in [-0.15, -0.1) is 0 Å². The van der Waals surface area contributed by atoms with Gasteiger partial charge in [0.2, 0.25) is 0 Å². The molecular weight excluding hydrogens is 284 g/mol. The van der Waals surface area contributed by atoms with Gasteiger partial charge in [0, 0.05) is 5.56 Å². The van der Waals surface area contributed by atoms with Gasteiger partial charge in [-0.3, -0.25) is 10.1 Å². The third-order valence-electron chi connectivity index (χ3n) is 3.15. The first-order valence-corrected chi connectivity index (χ1v) is 6.86. The Morgan fingerprint density at radius 1 is 1.10 bits per heavy atom. The quantitative estimate of drug-likeness (QED) is 0.589. The number of phenolic OH excluding ortho intramolecular Hbond substituents is 1. The van der Waals surface area contributed by atoms with E-state index in [-0.39, 0.29) is 16.8 Å². The van der Waals surface area contributed by atoms with Crippen LogP contribution in [0.3, 0.4) is 0 Å². The zero-order valence-corrected chi connectivity index (χ0v) is 12.6. The maximum absolute atomic E-state index is 12.1. The number of phenols is 1. The molecule has 2 aromatic rings. The summed E-state index contributed by atoms with van der Waals surface area (Å²) in [5, 5.41) is 15.2. The molecule has 0 heterocycles. The lowest BCUT2D eigenvalue weighted by Crippen LogP contribution is -2.34. The van der Waals surface area contributed by atoms with Gasteiger partial charge in [-0.1, -0.05) is 18.2 Å². The zero-order chi connectivity index (χ0) is 15.4. The number of nitrogens with one attached hydrogen (secondary N) is 2. The van der Waals surface area contributed by atoms with Gasteiger partial charge in [0.1, 0.15) is 5.75 Å². The molecule has 0 fully saturated rings. The van der Waals surface area contributed by atoms with E-state index in [9.17, 15) is 9.90 Å². The molecule has 0 aliphatic heterocycles. The fraction of sp³-hybridized carbons (Fsp3) is 0.125. The minimum absolute atomic E-state index is 0.0697. The summed E-state index contributed by atoms with van der Waals surface area (Å²) < 4.78 is 0. The van der Waals surface area contributed by atoms with Crippen LogP contribution in [0.4, 0.5) is 5.69 Å². The highest BCUT2D eigenvalue weighted by atomic mass is 32.1. The molecule has 0 saturated carbocycles. The molecule has 0 aromatic heterocycles. The lowest BCUT2D eigenvalue weighted by atomic mass is 10.1. The lowest BCUT2D eigenvalue weighted by Gasteiger charge is -2.11. The monoisotopic (exact) mass is 300 g/mol. The van der Waals surface area contributed by atoms with E-state index in [0.717, 1.165) is 11.1 Å². The largest absolute Gasteiger partial charge is 0.506 e. The van der Waals surface area contributed by atoms with Crippen LogP contribution in [-0.4, -0.2) is 16.1 Å². The van der Waals surface area contributed by atoms with Gasteiger partial charge in [-0.2, -0.15) is 0 Å². The Morgan fingerprint density at radius 2 is 1.81 bits per heavy atom. The number of benzene rings is 2. The van der Waals surface area contributed by atoms with Crippen LogP contribution < -0.4 is 10.6 Å². The molecule has 0 atom stereocenters. The predicted molar refractivity (Wildman–Crippen MR) is 87.7 cm³/mol. The van der Waals surface area contributed by atoms with Gasteiger partial charge in [0.05, 0.1) is 5.69 Å². The fourth-order valence-corrected chi connectivity index (χ4v) is 1.99. The SMILES string of the molecule is Cc1ccc(C(=O)NC(=S)Nc2ccccc2O)cc1C. The van der Waals surface area contributed by atoms with Crippen LogP contribution in [0.25, 0.3) is 0 Å². The highest BCUT2D eigenvalue weighted by Crippen LogP contribution is 2.21. The molecule has 0 bridgehead atoms. The van der Waals surface area contributed by atoms with Crippen molar-refractivity contribution in [2.24, 2.45) is 0 Å². The lowest BCUT2D eigenvalue weighted by molar-refractivity contribution is 0.0977. The zero-order valence-electron chi connectivity index (χ0n) is 11.8. The Morgan fingerprint density at radius 3 is 2.48 bits per heavy atom. The summed E-state index contributed by atoms with van der Waals surface area (Å²) in [5.74, 6) is -0.216. The fourth-order valence-electron chi connectivity index (χ4n) is 1.79. The molecule has 0 radical (unpaired) electrons. The van der Waals surface area contributed by atoms with Crippen molar-refractivity contribution in [2.75, 3.05) is 5.32 Å². The number of aromatic hydroxyl groups is 1. The van der Waals surface area contributed by atoms with Crippen LogP contribution in [0.15, 0.2) is 42.5 Å². The first kappa shape index (κ1) is 15.0. The van der Waals surface area contributed by atoms with E-state index < -0.39 is 0 Å². The Hall–Kier alpha value is -2.40. The Kier molecular flexibility index (Phi) is 4.55. The van der Waals surface area contributed by atoms with Crippen molar-refractivity contribution in [1.82, 2.24) is 5.32 Å². The first-order valence-electron chi connectivity index (χ1n) is 6.45. The standard InChI is InChI=1S/C16H16N2O2S/c1-10-7-8-12(9-11(10)2)15(20)18-16(21)17-13-5-3-4-6-14(13)19/h3-9,19H,1-2H3,(H2,17,18,20,21). The van der Waals surface area contributed by atoms with Crippen molar-refractivity contribution in [3.8, 4) is 5.75 Å². The number of para-hydroxylation sites is 2. The molecule has 2 rings (SSSR count). The van der Waals surface area contributed by atoms with E-state index in [2.05, 4.69) is 10.6 Å². The molecule has 5 heteroatoms. The summed E-state index contributed by atoms with van der Waals surface area (Å²) >= 11 is 5.08. The van der Waals surface area contributed by atoms with Crippen molar-refractivity contribution in [3.63, 3.8) is 0 Å². The average Bonchev–Trinajstić information content (AvgIpc) is 2.44. The van der Waals surface area contributed by atoms with E-state index in [1.54, 1.807) is 24.3 Å². The minimum Gasteiger partial charge on any atom is -0.506 e. The van der Waals surface area contributed by atoms with E-state index in [4.69, 9.17) is 12.2 Å². The third-order valence-corrected chi connectivity index (χ3v) is 3.35. The van der Waals surface area contributed by atoms with Gasteiger partial charge < -0.3 is 10.4 Å². The van der Waals surface area contributed by atoms with E-state index in [1.807, 2.05) is 26.0 Å². The predicted octanol–water partition coefficient (Wildman–Crippen LogP) is 3.14. The van der Waals surface area contributed by atoms with Crippen LogP contribution >= 0.6 is 12.2 Å². The molecular formula is C16H16N2O2S. The van der Waals surface area contributed by atoms with Crippen LogP contribution in [0.2, 0.25) is 0 Å². The number of amides is 1. The van der Waals surface area contributed by atoms with Gasteiger partial charge in [-0.05, 0) is 61.5 Å². The molecule has 108 valence electrons. The number of carbonyl (C=O) groups excluding carboxylic acids is 1. The van der Waals surface area contributed by atoms with Gasteiger partial charge in [-0.25, -0.2) is 0 Å². The maximum Gasteiger partial charge on any atom is 0.257 e. The summed E-state index contributed by atoms with van der Waals surface area (Å²) in [7, 11) is 0. The Labute approximate surface area is 128 Å². The minimum atomic E-state index is -0.286. The molecule has 0 aliphatic carbocycles. The second kappa shape index (κ2) is 6.37. The number of hydrogen-bond acceptors (Lipinski definition) is 3. The van der Waals surface area contributed by atoms with E-state index >= 15 is 0 Å². The smallest absolute Gasteiger partial charge is 0.257 e. The summed E-state index contributed by atoms with van der Waals surface area (Å²) in [6.45, 7) is 3.94. The first-order chi connectivity index (χ1) is 9.97. The number of aryl methyl sites for hydroxylation is 2. The topological polar surface area (TPSA) is 61.4 Å². The Balaban J connectivity index is 2.04. The molecule has 0 saturated heterocycles. The van der Waals surface area contributed by atoms with Crippen molar-refractivity contribution in [3.05, 3.63) is 59.2 Å². The third kappa shape index (κ3) is 3.79. The average molecular weight is 300 g/mol. The maximum atomic E-state index is 12.1. The van der Waals surface area contributed by atoms with Gasteiger partial charge in [0.25, 0.3) is 5.91 Å².